The van der Waals surface area contributed by atoms with Gasteiger partial charge in [0.2, 0.25) is 0 Å². The number of hydrogen-bond donors (Lipinski definition) is 0. The van der Waals surface area contributed by atoms with Crippen LogP contribution in [-0.2, 0) is 4.43 Å². The Morgan fingerprint density at radius 3 is 1.75 bits per heavy atom. The molecular formula is C17H24OSi2. The van der Waals surface area contributed by atoms with E-state index in [1.807, 2.05) is 0 Å². The molecule has 0 N–H and O–H groups in total. The lowest BCUT2D eigenvalue weighted by atomic mass is 10.4. The molecule has 2 aromatic rings. The Morgan fingerprint density at radius 2 is 1.35 bits per heavy atom. The molecule has 0 saturated heterocycles. The minimum absolute atomic E-state index is 0.550. The highest BCUT2D eigenvalue weighted by Gasteiger charge is 2.37. The van der Waals surface area contributed by atoms with Gasteiger partial charge in [-0.1, -0.05) is 90.4 Å². The third-order valence-electron chi connectivity index (χ3n) is 3.88. The van der Waals surface area contributed by atoms with Crippen LogP contribution in [0.2, 0.25) is 6.04 Å². The fraction of sp³-hybridized carbons (Fsp3) is 0.294. The van der Waals surface area contributed by atoms with Gasteiger partial charge in [-0.2, -0.15) is 0 Å². The first-order chi connectivity index (χ1) is 9.83. The third-order valence-corrected chi connectivity index (χ3v) is 14.8. The second kappa shape index (κ2) is 7.57. The van der Waals surface area contributed by atoms with Crippen molar-refractivity contribution in [2.45, 2.75) is 26.3 Å². The van der Waals surface area contributed by atoms with Crippen LogP contribution in [0.1, 0.15) is 20.3 Å². The fourth-order valence-corrected chi connectivity index (χ4v) is 12.9. The van der Waals surface area contributed by atoms with Crippen molar-refractivity contribution in [3.8, 4) is 0 Å². The zero-order valence-corrected chi connectivity index (χ0v) is 14.9. The highest BCUT2D eigenvalue weighted by Crippen LogP contribution is 2.13. The Labute approximate surface area is 125 Å². The predicted octanol–water partition coefficient (Wildman–Crippen LogP) is 2.28. The van der Waals surface area contributed by atoms with Crippen LogP contribution in [-0.4, -0.2) is 23.5 Å². The van der Waals surface area contributed by atoms with Gasteiger partial charge in [-0.3, -0.25) is 0 Å². The first-order valence-electron chi connectivity index (χ1n) is 7.52. The average molecular weight is 301 g/mol. The molecule has 0 saturated carbocycles. The highest BCUT2D eigenvalue weighted by atomic mass is 29.2. The molecule has 0 bridgehead atoms. The maximum absolute atomic E-state index is 6.06. The quantitative estimate of drug-likeness (QED) is 0.713. The molecule has 0 radical (unpaired) electrons. The van der Waals surface area contributed by atoms with Crippen molar-refractivity contribution in [1.29, 1.82) is 0 Å². The van der Waals surface area contributed by atoms with Crippen molar-refractivity contribution in [3.05, 3.63) is 60.7 Å². The van der Waals surface area contributed by atoms with Crippen molar-refractivity contribution in [2.75, 3.05) is 6.61 Å². The van der Waals surface area contributed by atoms with E-state index >= 15 is 0 Å². The van der Waals surface area contributed by atoms with Crippen LogP contribution in [0.4, 0.5) is 0 Å². The Balaban J connectivity index is 2.50. The van der Waals surface area contributed by atoms with E-state index in [0.717, 1.165) is 6.61 Å². The lowest BCUT2D eigenvalue weighted by Crippen LogP contribution is -2.63. The molecule has 0 amide bonds. The molecule has 0 aromatic heterocycles. The second-order valence-electron chi connectivity index (χ2n) is 5.20. The van der Waals surface area contributed by atoms with E-state index in [-0.39, 0.29) is 0 Å². The summed E-state index contributed by atoms with van der Waals surface area (Å²) in [6, 6.07) is 23.5. The largest absolute Gasteiger partial charge is 0.427 e. The van der Waals surface area contributed by atoms with Gasteiger partial charge in [-0.15, -0.1) is 0 Å². The van der Waals surface area contributed by atoms with Crippen LogP contribution in [0, 0.1) is 0 Å². The van der Waals surface area contributed by atoms with E-state index in [4.69, 9.17) is 4.43 Å². The van der Waals surface area contributed by atoms with Crippen molar-refractivity contribution < 1.29 is 4.43 Å². The third kappa shape index (κ3) is 3.29. The van der Waals surface area contributed by atoms with E-state index in [1.54, 1.807) is 10.4 Å². The van der Waals surface area contributed by atoms with Crippen LogP contribution in [0.5, 0.6) is 0 Å². The molecule has 3 heteroatoms. The van der Waals surface area contributed by atoms with E-state index in [2.05, 4.69) is 74.5 Å². The second-order valence-corrected chi connectivity index (χ2v) is 14.2. The molecule has 106 valence electrons. The van der Waals surface area contributed by atoms with E-state index in [0.29, 0.717) is 0 Å². The molecule has 0 spiro atoms. The summed E-state index contributed by atoms with van der Waals surface area (Å²) >= 11 is 0. The lowest BCUT2D eigenvalue weighted by Gasteiger charge is -2.32. The molecule has 0 aliphatic heterocycles. The summed E-state index contributed by atoms with van der Waals surface area (Å²) in [6.45, 7) is 5.27. The lowest BCUT2D eigenvalue weighted by molar-refractivity contribution is 0.369. The van der Waals surface area contributed by atoms with Gasteiger partial charge in [0.25, 0.3) is 0 Å². The Hall–Kier alpha value is -1.17. The zero-order valence-electron chi connectivity index (χ0n) is 12.5. The highest BCUT2D eigenvalue weighted by molar-refractivity contribution is 7.35. The van der Waals surface area contributed by atoms with Gasteiger partial charge in [0, 0.05) is 6.61 Å². The van der Waals surface area contributed by atoms with E-state index < -0.39 is 16.9 Å². The molecule has 0 heterocycles. The molecular weight excluding hydrogens is 276 g/mol. The molecule has 0 fully saturated rings. The van der Waals surface area contributed by atoms with Gasteiger partial charge >= 0.3 is 0 Å². The standard InChI is InChI=1S/C17H24OSi2/c1-3-15-20(19-18-4-2,16-11-7-5-8-12-16)17-13-9-6-10-14-17/h5-14H,3-4,15,19H2,1-2H3. The smallest absolute Gasteiger partial charge is 0.161 e. The summed E-state index contributed by atoms with van der Waals surface area (Å²) in [5, 5.41) is 3.10. The number of rotatable bonds is 7. The molecule has 0 aliphatic carbocycles. The average Bonchev–Trinajstić information content (AvgIpc) is 2.53. The van der Waals surface area contributed by atoms with Gasteiger partial charge < -0.3 is 4.43 Å². The van der Waals surface area contributed by atoms with Gasteiger partial charge in [-0.05, 0) is 6.92 Å². The minimum Gasteiger partial charge on any atom is -0.427 e. The SMILES string of the molecule is CCC[Si]([SiH2]OCC)(c1ccccc1)c1ccccc1. The van der Waals surface area contributed by atoms with E-state index in [1.165, 1.54) is 12.5 Å². The monoisotopic (exact) mass is 300 g/mol. The van der Waals surface area contributed by atoms with Gasteiger partial charge in [0.15, 0.2) is 9.28 Å². The molecule has 20 heavy (non-hydrogen) atoms. The predicted molar refractivity (Wildman–Crippen MR) is 93.2 cm³/mol. The molecule has 1 nitrogen and oxygen atoms in total. The Bertz CT molecular complexity index is 459. The summed E-state index contributed by atoms with van der Waals surface area (Å²) in [6.07, 6.45) is 1.23. The van der Waals surface area contributed by atoms with Crippen LogP contribution in [0.15, 0.2) is 60.7 Å². The first-order valence-corrected chi connectivity index (χ1v) is 12.6. The maximum Gasteiger partial charge on any atom is 0.161 e. The van der Waals surface area contributed by atoms with Crippen LogP contribution in [0.25, 0.3) is 0 Å². The summed E-state index contributed by atoms with van der Waals surface area (Å²) in [7, 11) is -2.20. The number of benzene rings is 2. The minimum atomic E-state index is -1.65. The summed E-state index contributed by atoms with van der Waals surface area (Å²) in [5.74, 6) is 0. The normalized spacial score (nSPS) is 12.1. The molecule has 0 unspecified atom stereocenters. The summed E-state index contributed by atoms with van der Waals surface area (Å²) in [4.78, 5) is 0. The number of hydrogen-bond acceptors (Lipinski definition) is 1. The molecule has 0 aliphatic rings. The van der Waals surface area contributed by atoms with Crippen molar-refractivity contribution in [3.63, 3.8) is 0 Å². The van der Waals surface area contributed by atoms with Crippen LogP contribution >= 0.6 is 0 Å². The molecule has 0 atom stereocenters. The van der Waals surface area contributed by atoms with Crippen molar-refractivity contribution in [1.82, 2.24) is 0 Å². The van der Waals surface area contributed by atoms with Crippen LogP contribution in [0.3, 0.4) is 0 Å². The topological polar surface area (TPSA) is 9.23 Å². The fourth-order valence-electron chi connectivity index (χ4n) is 2.91. The zero-order chi connectivity index (χ0) is 14.3. The van der Waals surface area contributed by atoms with Crippen LogP contribution < -0.4 is 10.4 Å². The Kier molecular flexibility index (Phi) is 5.77. The summed E-state index contributed by atoms with van der Waals surface area (Å²) in [5.41, 5.74) is 0. The van der Waals surface area contributed by atoms with Crippen molar-refractivity contribution in [2.24, 2.45) is 0 Å². The molecule has 2 rings (SSSR count). The van der Waals surface area contributed by atoms with Gasteiger partial charge in [0.05, 0.1) is 0 Å². The molecule has 2 aromatic carbocycles. The van der Waals surface area contributed by atoms with Gasteiger partial charge in [-0.25, -0.2) is 0 Å². The maximum atomic E-state index is 6.06. The Morgan fingerprint density at radius 1 is 0.850 bits per heavy atom. The summed E-state index contributed by atoms with van der Waals surface area (Å²) < 4.78 is 6.06. The van der Waals surface area contributed by atoms with E-state index in [9.17, 15) is 0 Å². The van der Waals surface area contributed by atoms with Crippen molar-refractivity contribution >= 4 is 27.2 Å². The van der Waals surface area contributed by atoms with Gasteiger partial charge in [0.1, 0.15) is 7.59 Å². The first kappa shape index (κ1) is 15.2.